The number of nitrogens with one attached hydrogen (secondary N) is 1. The molecule has 0 unspecified atom stereocenters. The number of carboxylic acids is 1. The zero-order valence-corrected chi connectivity index (χ0v) is 19.4. The monoisotopic (exact) mass is 486 g/mol. The van der Waals surface area contributed by atoms with Gasteiger partial charge in [0.15, 0.2) is 0 Å². The number of carbonyl (C=O) groups excluding carboxylic acids is 3. The number of aliphatic carboxylic acids is 1. The lowest BCUT2D eigenvalue weighted by Gasteiger charge is -2.23. The lowest BCUT2D eigenvalue weighted by molar-refractivity contribution is -0.157. The van der Waals surface area contributed by atoms with Crippen molar-refractivity contribution in [3.05, 3.63) is 101 Å². The first-order valence-electron chi connectivity index (χ1n) is 10.8. The highest BCUT2D eigenvalue weighted by atomic mass is 16.6. The Morgan fingerprint density at radius 2 is 1.19 bits per heavy atom. The van der Waals surface area contributed by atoms with Gasteiger partial charge >= 0.3 is 17.9 Å². The molecule has 0 aromatic heterocycles. The van der Waals surface area contributed by atoms with Gasteiger partial charge in [-0.05, 0) is 62.4 Å². The van der Waals surface area contributed by atoms with E-state index in [9.17, 15) is 24.3 Å². The Bertz CT molecular complexity index is 1310. The third kappa shape index (κ3) is 6.55. The number of esters is 2. The van der Waals surface area contributed by atoms with Crippen LogP contribution in [0.25, 0.3) is 0 Å². The van der Waals surface area contributed by atoms with Crippen molar-refractivity contribution in [1.29, 1.82) is 5.26 Å². The van der Waals surface area contributed by atoms with Crippen LogP contribution in [-0.2, 0) is 19.1 Å². The van der Waals surface area contributed by atoms with Gasteiger partial charge in [0.2, 0.25) is 12.2 Å². The van der Waals surface area contributed by atoms with Crippen molar-refractivity contribution in [3.8, 4) is 6.07 Å². The molecule has 0 spiro atoms. The fourth-order valence-corrected chi connectivity index (χ4v) is 3.08. The molecule has 3 aromatic carbocycles. The van der Waals surface area contributed by atoms with Crippen LogP contribution in [0.1, 0.15) is 37.4 Å². The number of ether oxygens (including phenoxy) is 2. The lowest BCUT2D eigenvalue weighted by atomic mass is 10.1. The maximum absolute atomic E-state index is 13.1. The SMILES string of the molecule is Cc1ccc(C(=O)O[C@H](C(=O)O)[C@@H](OC(=O)c2ccc(C)cc2)C(=O)Nc2ccc(C#N)cc2)cc1. The topological polar surface area (TPSA) is 143 Å². The van der Waals surface area contributed by atoms with Crippen molar-refractivity contribution >= 4 is 29.5 Å². The van der Waals surface area contributed by atoms with Crippen molar-refractivity contribution in [2.75, 3.05) is 5.32 Å². The number of aryl methyl sites for hydroxylation is 2. The molecule has 3 aromatic rings. The Labute approximate surface area is 206 Å². The van der Waals surface area contributed by atoms with Gasteiger partial charge in [0.05, 0.1) is 22.8 Å². The normalized spacial score (nSPS) is 11.9. The maximum atomic E-state index is 13.1. The van der Waals surface area contributed by atoms with Crippen molar-refractivity contribution in [1.82, 2.24) is 0 Å². The van der Waals surface area contributed by atoms with E-state index in [-0.39, 0.29) is 16.8 Å². The zero-order valence-electron chi connectivity index (χ0n) is 19.4. The number of nitrogens with zero attached hydrogens (tertiary/aromatic N) is 1. The predicted octanol–water partition coefficient (Wildman–Crippen LogP) is 3.65. The van der Waals surface area contributed by atoms with Gasteiger partial charge in [0.25, 0.3) is 5.91 Å². The molecular weight excluding hydrogens is 464 g/mol. The fraction of sp³-hybridized carbons (Fsp3) is 0.148. The molecule has 0 aliphatic carbocycles. The van der Waals surface area contributed by atoms with Crippen molar-refractivity contribution in [2.24, 2.45) is 0 Å². The van der Waals surface area contributed by atoms with E-state index >= 15 is 0 Å². The first-order chi connectivity index (χ1) is 17.2. The Balaban J connectivity index is 1.90. The number of hydrogen-bond donors (Lipinski definition) is 2. The van der Waals surface area contributed by atoms with Crippen LogP contribution in [0.3, 0.4) is 0 Å². The molecule has 182 valence electrons. The van der Waals surface area contributed by atoms with Crippen LogP contribution in [0.4, 0.5) is 5.69 Å². The summed E-state index contributed by atoms with van der Waals surface area (Å²) in [5.41, 5.74) is 2.43. The van der Waals surface area contributed by atoms with Crippen molar-refractivity contribution in [2.45, 2.75) is 26.1 Å². The highest BCUT2D eigenvalue weighted by molar-refractivity contribution is 6.01. The van der Waals surface area contributed by atoms with Crippen LogP contribution in [0, 0.1) is 25.2 Å². The second-order valence-corrected chi connectivity index (χ2v) is 7.90. The molecule has 2 N–H and O–H groups in total. The second kappa shape index (κ2) is 11.4. The van der Waals surface area contributed by atoms with E-state index in [0.717, 1.165) is 11.1 Å². The molecule has 3 rings (SSSR count). The molecule has 36 heavy (non-hydrogen) atoms. The second-order valence-electron chi connectivity index (χ2n) is 7.90. The summed E-state index contributed by atoms with van der Waals surface area (Å²) in [6.45, 7) is 3.62. The van der Waals surface area contributed by atoms with Gasteiger partial charge in [0, 0.05) is 5.69 Å². The summed E-state index contributed by atoms with van der Waals surface area (Å²) in [7, 11) is 0. The number of benzene rings is 3. The predicted molar refractivity (Wildman–Crippen MR) is 128 cm³/mol. The van der Waals surface area contributed by atoms with E-state index < -0.39 is 36.0 Å². The van der Waals surface area contributed by atoms with E-state index in [1.165, 1.54) is 48.5 Å². The lowest BCUT2D eigenvalue weighted by Crippen LogP contribution is -2.48. The number of carboxylic acid groups (broad SMARTS) is 1. The van der Waals surface area contributed by atoms with Crippen LogP contribution in [-0.4, -0.2) is 41.1 Å². The number of anilines is 1. The van der Waals surface area contributed by atoms with E-state index in [0.29, 0.717) is 5.56 Å². The Morgan fingerprint density at radius 1 is 0.750 bits per heavy atom. The minimum absolute atomic E-state index is 0.0583. The molecule has 2 atom stereocenters. The average molecular weight is 486 g/mol. The maximum Gasteiger partial charge on any atom is 0.349 e. The minimum atomic E-state index is -2.15. The number of rotatable bonds is 8. The summed E-state index contributed by atoms with van der Waals surface area (Å²) in [5, 5.41) is 21.2. The molecule has 0 bridgehead atoms. The Hall–Kier alpha value is -4.97. The molecule has 1 amide bonds. The summed E-state index contributed by atoms with van der Waals surface area (Å²) in [6.07, 6.45) is -4.17. The summed E-state index contributed by atoms with van der Waals surface area (Å²) in [4.78, 5) is 50.6. The van der Waals surface area contributed by atoms with Crippen LogP contribution >= 0.6 is 0 Å². The van der Waals surface area contributed by atoms with Crippen LogP contribution < -0.4 is 5.32 Å². The molecule has 9 heteroatoms. The highest BCUT2D eigenvalue weighted by Gasteiger charge is 2.41. The highest BCUT2D eigenvalue weighted by Crippen LogP contribution is 2.17. The van der Waals surface area contributed by atoms with Crippen LogP contribution in [0.2, 0.25) is 0 Å². The van der Waals surface area contributed by atoms with Gasteiger partial charge in [0.1, 0.15) is 0 Å². The van der Waals surface area contributed by atoms with E-state index in [1.807, 2.05) is 19.9 Å². The van der Waals surface area contributed by atoms with Crippen LogP contribution in [0.15, 0.2) is 72.8 Å². The summed E-state index contributed by atoms with van der Waals surface area (Å²) in [5.74, 6) is -4.71. The summed E-state index contributed by atoms with van der Waals surface area (Å²) < 4.78 is 10.4. The summed E-state index contributed by atoms with van der Waals surface area (Å²) >= 11 is 0. The van der Waals surface area contributed by atoms with Gasteiger partial charge in [-0.2, -0.15) is 5.26 Å². The minimum Gasteiger partial charge on any atom is -0.478 e. The first kappa shape index (κ1) is 25.6. The Kier molecular flexibility index (Phi) is 8.15. The molecule has 0 fully saturated rings. The molecule has 0 radical (unpaired) electrons. The molecule has 0 aliphatic heterocycles. The summed E-state index contributed by atoms with van der Waals surface area (Å²) in [6, 6.07) is 20.0. The third-order valence-electron chi connectivity index (χ3n) is 5.10. The quantitative estimate of drug-likeness (QED) is 0.459. The third-order valence-corrected chi connectivity index (χ3v) is 5.10. The van der Waals surface area contributed by atoms with Gasteiger partial charge in [-0.25, -0.2) is 14.4 Å². The smallest absolute Gasteiger partial charge is 0.349 e. The van der Waals surface area contributed by atoms with Crippen LogP contribution in [0.5, 0.6) is 0 Å². The molecule has 9 nitrogen and oxygen atoms in total. The molecule has 0 aliphatic rings. The Morgan fingerprint density at radius 3 is 1.61 bits per heavy atom. The zero-order chi connectivity index (χ0) is 26.2. The van der Waals surface area contributed by atoms with Gasteiger partial charge in [-0.3, -0.25) is 4.79 Å². The fourth-order valence-electron chi connectivity index (χ4n) is 3.08. The number of hydrogen-bond acceptors (Lipinski definition) is 7. The number of nitriles is 1. The molecule has 0 saturated carbocycles. The molecular formula is C27H22N2O7. The molecule has 0 heterocycles. The molecule has 0 saturated heterocycles. The van der Waals surface area contributed by atoms with E-state index in [1.54, 1.807) is 24.3 Å². The number of carbonyl (C=O) groups is 4. The average Bonchev–Trinajstić information content (AvgIpc) is 2.87. The standard InChI is InChI=1S/C27H22N2O7/c1-16-3-9-19(10-4-16)26(33)35-22(24(30)29-21-13-7-18(15-28)8-14-21)23(25(31)32)36-27(34)20-11-5-17(2)6-12-20/h3-14,22-23H,1-2H3,(H,29,30)(H,31,32)/t22-,23+/m1/s1. The van der Waals surface area contributed by atoms with Gasteiger partial charge in [-0.1, -0.05) is 35.4 Å². The van der Waals surface area contributed by atoms with Gasteiger partial charge < -0.3 is 19.9 Å². The van der Waals surface area contributed by atoms with Crippen molar-refractivity contribution in [3.63, 3.8) is 0 Å². The number of amides is 1. The van der Waals surface area contributed by atoms with E-state index in [2.05, 4.69) is 5.32 Å². The van der Waals surface area contributed by atoms with Gasteiger partial charge in [-0.15, -0.1) is 0 Å². The van der Waals surface area contributed by atoms with E-state index in [4.69, 9.17) is 14.7 Å². The first-order valence-corrected chi connectivity index (χ1v) is 10.8. The van der Waals surface area contributed by atoms with Crippen molar-refractivity contribution < 1.29 is 33.8 Å². The largest absolute Gasteiger partial charge is 0.478 e.